The first-order valence-electron chi connectivity index (χ1n) is 8.84. The molecule has 140 valence electrons. The van der Waals surface area contributed by atoms with E-state index in [-0.39, 0.29) is 0 Å². The summed E-state index contributed by atoms with van der Waals surface area (Å²) >= 11 is 6.31. The normalized spacial score (nSPS) is 16.9. The van der Waals surface area contributed by atoms with Crippen LogP contribution in [0.3, 0.4) is 0 Å². The largest absolute Gasteiger partial charge is 0.352 e. The molecule has 1 aromatic carbocycles. The molecule has 0 fully saturated rings. The van der Waals surface area contributed by atoms with Crippen molar-refractivity contribution in [2.45, 2.75) is 19.6 Å². The van der Waals surface area contributed by atoms with Crippen LogP contribution in [0.15, 0.2) is 47.4 Å². The minimum absolute atomic E-state index is 0.419. The average Bonchev–Trinajstić information content (AvgIpc) is 2.89. The molecule has 2 aliphatic heterocycles. The number of likely N-dealkylation sites (N-methyl/N-ethyl adjacent to an activating group) is 1. The van der Waals surface area contributed by atoms with E-state index in [9.17, 15) is 0 Å². The van der Waals surface area contributed by atoms with Crippen molar-refractivity contribution >= 4 is 29.3 Å². The van der Waals surface area contributed by atoms with Crippen LogP contribution < -0.4 is 16.4 Å². The van der Waals surface area contributed by atoms with E-state index in [4.69, 9.17) is 17.3 Å². The number of nitrogens with zero attached hydrogens (tertiary/aromatic N) is 4. The molecule has 0 saturated heterocycles. The summed E-state index contributed by atoms with van der Waals surface area (Å²) in [6.45, 7) is 3.22. The van der Waals surface area contributed by atoms with Crippen LogP contribution in [0.4, 0.5) is 5.82 Å². The quantitative estimate of drug-likeness (QED) is 0.755. The molecule has 3 heterocycles. The van der Waals surface area contributed by atoms with E-state index >= 15 is 0 Å². The van der Waals surface area contributed by atoms with Crippen LogP contribution in [0.5, 0.6) is 0 Å². The van der Waals surface area contributed by atoms with Crippen LogP contribution in [0.2, 0.25) is 5.02 Å². The van der Waals surface area contributed by atoms with E-state index in [1.54, 1.807) is 6.34 Å². The Morgan fingerprint density at radius 1 is 1.30 bits per heavy atom. The highest BCUT2D eigenvalue weighted by Gasteiger charge is 2.16. The van der Waals surface area contributed by atoms with E-state index in [1.807, 2.05) is 35.2 Å². The van der Waals surface area contributed by atoms with Crippen molar-refractivity contribution in [3.8, 4) is 0 Å². The molecule has 7 nitrogen and oxygen atoms in total. The molecule has 0 bridgehead atoms. The third-order valence-electron chi connectivity index (χ3n) is 4.66. The van der Waals surface area contributed by atoms with E-state index in [2.05, 4.69) is 38.7 Å². The Hall–Kier alpha value is -2.61. The topological polar surface area (TPSA) is 83.5 Å². The van der Waals surface area contributed by atoms with Crippen LogP contribution >= 0.6 is 11.6 Å². The lowest BCUT2D eigenvalue weighted by molar-refractivity contribution is 0.259. The second kappa shape index (κ2) is 7.56. The summed E-state index contributed by atoms with van der Waals surface area (Å²) in [4.78, 5) is 6.70. The van der Waals surface area contributed by atoms with Crippen molar-refractivity contribution in [2.75, 3.05) is 18.9 Å². The summed E-state index contributed by atoms with van der Waals surface area (Å²) in [7, 11) is 2.12. The summed E-state index contributed by atoms with van der Waals surface area (Å²) in [5.41, 5.74) is 9.77. The molecule has 1 aromatic heterocycles. The predicted molar refractivity (Wildman–Crippen MR) is 109 cm³/mol. The fraction of sp³-hybridized carbons (Fsp3) is 0.263. The first kappa shape index (κ1) is 17.8. The molecule has 2 aliphatic rings. The molecule has 27 heavy (non-hydrogen) atoms. The molecule has 0 saturated carbocycles. The Kier molecular flexibility index (Phi) is 4.98. The maximum Gasteiger partial charge on any atom is 0.153 e. The molecule has 4 N–H and O–H groups in total. The molecule has 2 aromatic rings. The summed E-state index contributed by atoms with van der Waals surface area (Å²) in [6.07, 6.45) is 5.50. The third-order valence-corrected chi connectivity index (χ3v) is 5.01. The van der Waals surface area contributed by atoms with Gasteiger partial charge in [0.05, 0.1) is 18.6 Å². The Labute approximate surface area is 163 Å². The van der Waals surface area contributed by atoms with Gasteiger partial charge in [-0.3, -0.25) is 9.58 Å². The number of hydrogen-bond acceptors (Lipinski definition) is 6. The highest BCUT2D eigenvalue weighted by molar-refractivity contribution is 6.31. The first-order valence-corrected chi connectivity index (χ1v) is 9.22. The molecular formula is C19H22ClN7. The van der Waals surface area contributed by atoms with Gasteiger partial charge in [0, 0.05) is 42.5 Å². The minimum atomic E-state index is 0.419. The van der Waals surface area contributed by atoms with E-state index in [1.165, 1.54) is 5.69 Å². The number of anilines is 1. The summed E-state index contributed by atoms with van der Waals surface area (Å²) in [5, 5.41) is 11.7. The Morgan fingerprint density at radius 3 is 3.00 bits per heavy atom. The molecule has 0 atom stereocenters. The molecule has 0 unspecified atom stereocenters. The number of nitrogens with one attached hydrogen (secondary N) is 2. The maximum absolute atomic E-state index is 6.31. The lowest BCUT2D eigenvalue weighted by Crippen LogP contribution is -2.30. The zero-order valence-electron chi connectivity index (χ0n) is 15.1. The minimum Gasteiger partial charge on any atom is -0.352 e. The maximum atomic E-state index is 6.31. The van der Waals surface area contributed by atoms with Crippen LogP contribution in [-0.4, -0.2) is 34.6 Å². The van der Waals surface area contributed by atoms with Gasteiger partial charge in [0.2, 0.25) is 0 Å². The van der Waals surface area contributed by atoms with Crippen LogP contribution in [0.1, 0.15) is 16.8 Å². The molecule has 4 rings (SSSR count). The molecule has 0 amide bonds. The van der Waals surface area contributed by atoms with Gasteiger partial charge in [-0.2, -0.15) is 5.10 Å². The van der Waals surface area contributed by atoms with Crippen molar-refractivity contribution < 1.29 is 0 Å². The van der Waals surface area contributed by atoms with Gasteiger partial charge in [-0.15, -0.1) is 0 Å². The highest BCUT2D eigenvalue weighted by Crippen LogP contribution is 2.25. The molecular weight excluding hydrogens is 362 g/mol. The van der Waals surface area contributed by atoms with Gasteiger partial charge in [-0.05, 0) is 30.3 Å². The SMILES string of the molecule is CN1CCn2nc(NC3=CC(c4ccc(CN)c(Cl)c4)=CNC=N3)cc2C1. The lowest BCUT2D eigenvalue weighted by Gasteiger charge is -2.22. The summed E-state index contributed by atoms with van der Waals surface area (Å²) < 4.78 is 2.05. The second-order valence-electron chi connectivity index (χ2n) is 6.67. The molecule has 0 aliphatic carbocycles. The number of halogens is 1. The lowest BCUT2D eigenvalue weighted by atomic mass is 10.0. The van der Waals surface area contributed by atoms with Crippen LogP contribution in [0.25, 0.3) is 5.57 Å². The van der Waals surface area contributed by atoms with E-state index in [0.29, 0.717) is 17.4 Å². The fourth-order valence-corrected chi connectivity index (χ4v) is 3.43. The van der Waals surface area contributed by atoms with Crippen molar-refractivity contribution in [1.82, 2.24) is 20.0 Å². The average molecular weight is 384 g/mol. The fourth-order valence-electron chi connectivity index (χ4n) is 3.18. The van der Waals surface area contributed by atoms with Gasteiger partial charge in [-0.25, -0.2) is 4.99 Å². The van der Waals surface area contributed by atoms with Crippen LogP contribution in [0, 0.1) is 0 Å². The number of fused-ring (bicyclic) bond motifs is 1. The number of aromatic nitrogens is 2. The number of allylic oxidation sites excluding steroid dienone is 2. The monoisotopic (exact) mass is 383 g/mol. The summed E-state index contributed by atoms with van der Waals surface area (Å²) in [5.74, 6) is 1.50. The predicted octanol–water partition coefficient (Wildman–Crippen LogP) is 2.37. The zero-order valence-corrected chi connectivity index (χ0v) is 15.9. The summed E-state index contributed by atoms with van der Waals surface area (Å²) in [6, 6.07) is 7.94. The number of hydrogen-bond donors (Lipinski definition) is 3. The van der Waals surface area contributed by atoms with Crippen molar-refractivity contribution in [3.05, 3.63) is 64.2 Å². The van der Waals surface area contributed by atoms with E-state index in [0.717, 1.165) is 42.2 Å². The number of nitrogens with two attached hydrogens (primary N) is 1. The number of aliphatic imine (C=N–C) groups is 1. The Bertz CT molecular complexity index is 942. The van der Waals surface area contributed by atoms with Gasteiger partial charge >= 0.3 is 0 Å². The first-order chi connectivity index (χ1) is 13.1. The van der Waals surface area contributed by atoms with Crippen molar-refractivity contribution in [1.29, 1.82) is 0 Å². The molecule has 0 radical (unpaired) electrons. The van der Waals surface area contributed by atoms with Gasteiger partial charge in [0.15, 0.2) is 5.82 Å². The number of rotatable bonds is 4. The van der Waals surface area contributed by atoms with Gasteiger partial charge in [-0.1, -0.05) is 23.7 Å². The smallest absolute Gasteiger partial charge is 0.153 e. The van der Waals surface area contributed by atoms with Gasteiger partial charge in [0.25, 0.3) is 0 Å². The number of benzene rings is 1. The van der Waals surface area contributed by atoms with Crippen molar-refractivity contribution in [2.24, 2.45) is 10.7 Å². The van der Waals surface area contributed by atoms with E-state index < -0.39 is 0 Å². The standard InChI is InChI=1S/C19H22ClN7/c1-26-4-5-27-16(11-26)8-19(25-27)24-18-7-15(10-22-12-23-18)13-2-3-14(9-21)17(20)6-13/h2-3,6-8,10,12H,4-5,9,11,21H2,1H3,(H,22,23)(H,24,25). The Balaban J connectivity index is 1.57. The second-order valence-corrected chi connectivity index (χ2v) is 7.08. The van der Waals surface area contributed by atoms with Crippen LogP contribution in [-0.2, 0) is 19.6 Å². The van der Waals surface area contributed by atoms with Gasteiger partial charge < -0.3 is 16.4 Å². The van der Waals surface area contributed by atoms with Gasteiger partial charge in [0.1, 0.15) is 5.82 Å². The molecule has 8 heteroatoms. The third kappa shape index (κ3) is 3.90. The highest BCUT2D eigenvalue weighted by atomic mass is 35.5. The van der Waals surface area contributed by atoms with Crippen molar-refractivity contribution in [3.63, 3.8) is 0 Å². The molecule has 0 spiro atoms. The zero-order chi connectivity index (χ0) is 18.8. The Morgan fingerprint density at radius 2 is 2.19 bits per heavy atom.